The van der Waals surface area contributed by atoms with Crippen molar-refractivity contribution in [2.45, 2.75) is 27.2 Å². The van der Waals surface area contributed by atoms with Crippen LogP contribution >= 0.6 is 11.3 Å². The minimum Gasteiger partial charge on any atom is -0.396 e. The summed E-state index contributed by atoms with van der Waals surface area (Å²) in [6.45, 7) is 5.96. The maximum atomic E-state index is 5.87. The lowest BCUT2D eigenvalue weighted by Crippen LogP contribution is -1.99. The smallest absolute Gasteiger partial charge is 0.210 e. The number of thiazole rings is 1. The highest BCUT2D eigenvalue weighted by atomic mass is 32.1. The zero-order valence-corrected chi connectivity index (χ0v) is 9.93. The van der Waals surface area contributed by atoms with Crippen LogP contribution in [0.5, 0.6) is 0 Å². The van der Waals surface area contributed by atoms with Gasteiger partial charge in [-0.1, -0.05) is 6.92 Å². The van der Waals surface area contributed by atoms with E-state index in [4.69, 9.17) is 5.73 Å². The SMILES string of the molecule is CCc1csc(-n2nc(C)c(N)c2C)n1. The van der Waals surface area contributed by atoms with Crippen LogP contribution in [0.3, 0.4) is 0 Å². The summed E-state index contributed by atoms with van der Waals surface area (Å²) in [5.41, 5.74) is 9.55. The van der Waals surface area contributed by atoms with Crippen LogP contribution < -0.4 is 5.73 Å². The topological polar surface area (TPSA) is 56.7 Å². The number of hydrogen-bond donors (Lipinski definition) is 1. The maximum absolute atomic E-state index is 5.87. The zero-order chi connectivity index (χ0) is 11.0. The van der Waals surface area contributed by atoms with E-state index in [1.807, 2.05) is 18.5 Å². The molecule has 0 spiro atoms. The number of nitrogen functional groups attached to an aromatic ring is 1. The minimum atomic E-state index is 0.753. The van der Waals surface area contributed by atoms with Crippen molar-refractivity contribution in [3.05, 3.63) is 22.5 Å². The molecule has 0 saturated carbocycles. The normalized spacial score (nSPS) is 10.9. The predicted octanol–water partition coefficient (Wildman–Crippen LogP) is 2.09. The molecule has 2 rings (SSSR count). The van der Waals surface area contributed by atoms with Crippen LogP contribution in [0.25, 0.3) is 5.13 Å². The van der Waals surface area contributed by atoms with Crippen LogP contribution in [0.4, 0.5) is 5.69 Å². The van der Waals surface area contributed by atoms with Gasteiger partial charge in [-0.05, 0) is 20.3 Å². The molecular weight excluding hydrogens is 208 g/mol. The number of aromatic nitrogens is 3. The Labute approximate surface area is 92.8 Å². The van der Waals surface area contributed by atoms with E-state index in [1.165, 1.54) is 0 Å². The first-order valence-corrected chi connectivity index (χ1v) is 5.78. The molecule has 0 aromatic carbocycles. The van der Waals surface area contributed by atoms with Crippen molar-refractivity contribution >= 4 is 17.0 Å². The Morgan fingerprint density at radius 1 is 1.47 bits per heavy atom. The maximum Gasteiger partial charge on any atom is 0.210 e. The van der Waals surface area contributed by atoms with Gasteiger partial charge in [-0.2, -0.15) is 5.10 Å². The molecule has 0 amide bonds. The number of nitrogens with zero attached hydrogens (tertiary/aromatic N) is 3. The fourth-order valence-corrected chi connectivity index (χ4v) is 2.31. The van der Waals surface area contributed by atoms with Gasteiger partial charge in [-0.25, -0.2) is 9.67 Å². The zero-order valence-electron chi connectivity index (χ0n) is 9.11. The average molecular weight is 222 g/mol. The molecule has 4 nitrogen and oxygen atoms in total. The largest absolute Gasteiger partial charge is 0.396 e. The van der Waals surface area contributed by atoms with Crippen molar-refractivity contribution in [1.82, 2.24) is 14.8 Å². The number of aryl methyl sites for hydroxylation is 2. The Kier molecular flexibility index (Phi) is 2.48. The van der Waals surface area contributed by atoms with Crippen LogP contribution in [0.15, 0.2) is 5.38 Å². The van der Waals surface area contributed by atoms with E-state index in [0.717, 1.165) is 34.3 Å². The molecule has 0 aliphatic carbocycles. The lowest BCUT2D eigenvalue weighted by atomic mass is 10.3. The molecule has 0 aliphatic heterocycles. The van der Waals surface area contributed by atoms with Gasteiger partial charge in [-0.15, -0.1) is 11.3 Å². The lowest BCUT2D eigenvalue weighted by molar-refractivity contribution is 0.818. The Hall–Kier alpha value is -1.36. The van der Waals surface area contributed by atoms with E-state index in [-0.39, 0.29) is 0 Å². The van der Waals surface area contributed by atoms with Gasteiger partial charge < -0.3 is 5.73 Å². The van der Waals surface area contributed by atoms with E-state index < -0.39 is 0 Å². The first-order chi connectivity index (χ1) is 7.13. The molecule has 2 N–H and O–H groups in total. The fourth-order valence-electron chi connectivity index (χ4n) is 1.40. The van der Waals surface area contributed by atoms with Crippen molar-refractivity contribution in [2.24, 2.45) is 0 Å². The van der Waals surface area contributed by atoms with Gasteiger partial charge in [0.05, 0.1) is 22.8 Å². The predicted molar refractivity (Wildman–Crippen MR) is 62.5 cm³/mol. The molecule has 0 aliphatic rings. The second-order valence-corrected chi connectivity index (χ2v) is 4.31. The molecule has 0 bridgehead atoms. The Bertz CT molecular complexity index is 484. The molecule has 80 valence electrons. The van der Waals surface area contributed by atoms with E-state index in [9.17, 15) is 0 Å². The summed E-state index contributed by atoms with van der Waals surface area (Å²) in [6.07, 6.45) is 0.950. The summed E-state index contributed by atoms with van der Waals surface area (Å²) in [5, 5.41) is 7.32. The molecule has 0 fully saturated rings. The molecule has 0 unspecified atom stereocenters. The monoisotopic (exact) mass is 222 g/mol. The first-order valence-electron chi connectivity index (χ1n) is 4.90. The highest BCUT2D eigenvalue weighted by molar-refractivity contribution is 7.12. The van der Waals surface area contributed by atoms with E-state index in [2.05, 4.69) is 22.4 Å². The quantitative estimate of drug-likeness (QED) is 0.846. The second kappa shape index (κ2) is 3.66. The molecular formula is C10H14N4S. The Balaban J connectivity index is 2.49. The van der Waals surface area contributed by atoms with Gasteiger partial charge in [0.15, 0.2) is 0 Å². The van der Waals surface area contributed by atoms with Crippen molar-refractivity contribution < 1.29 is 0 Å². The van der Waals surface area contributed by atoms with E-state index in [0.29, 0.717) is 0 Å². The van der Waals surface area contributed by atoms with Crippen LogP contribution in [0.1, 0.15) is 24.0 Å². The van der Waals surface area contributed by atoms with Crippen molar-refractivity contribution in [3.63, 3.8) is 0 Å². The Morgan fingerprint density at radius 3 is 2.67 bits per heavy atom. The summed E-state index contributed by atoms with van der Waals surface area (Å²) in [4.78, 5) is 4.48. The van der Waals surface area contributed by atoms with Gasteiger partial charge in [-0.3, -0.25) is 0 Å². The van der Waals surface area contributed by atoms with Gasteiger partial charge >= 0.3 is 0 Å². The van der Waals surface area contributed by atoms with Crippen molar-refractivity contribution in [2.75, 3.05) is 5.73 Å². The summed E-state index contributed by atoms with van der Waals surface area (Å²) in [5.74, 6) is 0. The molecule has 5 heteroatoms. The second-order valence-electron chi connectivity index (χ2n) is 3.47. The third-order valence-corrected chi connectivity index (χ3v) is 3.30. The van der Waals surface area contributed by atoms with Gasteiger partial charge in [0.2, 0.25) is 5.13 Å². The number of nitrogens with two attached hydrogens (primary N) is 1. The molecule has 2 aromatic heterocycles. The molecule has 15 heavy (non-hydrogen) atoms. The summed E-state index contributed by atoms with van der Waals surface area (Å²) < 4.78 is 1.81. The van der Waals surface area contributed by atoms with Gasteiger partial charge in [0.25, 0.3) is 0 Å². The Morgan fingerprint density at radius 2 is 2.20 bits per heavy atom. The molecule has 0 atom stereocenters. The molecule has 2 heterocycles. The van der Waals surface area contributed by atoms with E-state index >= 15 is 0 Å². The van der Waals surface area contributed by atoms with Crippen LogP contribution in [-0.2, 0) is 6.42 Å². The van der Waals surface area contributed by atoms with Crippen LogP contribution in [0, 0.1) is 13.8 Å². The summed E-state index contributed by atoms with van der Waals surface area (Å²) in [7, 11) is 0. The molecule has 0 saturated heterocycles. The van der Waals surface area contributed by atoms with Crippen LogP contribution in [0.2, 0.25) is 0 Å². The highest BCUT2D eigenvalue weighted by Crippen LogP contribution is 2.21. The summed E-state index contributed by atoms with van der Waals surface area (Å²) in [6, 6.07) is 0. The molecule has 2 aromatic rings. The fraction of sp³-hybridized carbons (Fsp3) is 0.400. The first kappa shape index (κ1) is 10.2. The molecule has 0 radical (unpaired) electrons. The van der Waals surface area contributed by atoms with E-state index in [1.54, 1.807) is 11.3 Å². The summed E-state index contributed by atoms with van der Waals surface area (Å²) >= 11 is 1.60. The van der Waals surface area contributed by atoms with Crippen LogP contribution in [-0.4, -0.2) is 14.8 Å². The third kappa shape index (κ3) is 1.63. The van der Waals surface area contributed by atoms with Crippen molar-refractivity contribution in [3.8, 4) is 5.13 Å². The van der Waals surface area contributed by atoms with Crippen molar-refractivity contribution in [1.29, 1.82) is 0 Å². The van der Waals surface area contributed by atoms with Gasteiger partial charge in [0.1, 0.15) is 0 Å². The van der Waals surface area contributed by atoms with Gasteiger partial charge in [0, 0.05) is 5.38 Å². The minimum absolute atomic E-state index is 0.753. The number of rotatable bonds is 2. The average Bonchev–Trinajstić information content (AvgIpc) is 2.79. The standard InChI is InChI=1S/C10H14N4S/c1-4-8-5-15-10(12-8)14-7(3)9(11)6(2)13-14/h5H,4,11H2,1-3H3. The number of anilines is 1. The third-order valence-electron chi connectivity index (χ3n) is 2.43. The highest BCUT2D eigenvalue weighted by Gasteiger charge is 2.12. The lowest BCUT2D eigenvalue weighted by Gasteiger charge is -1.97. The number of hydrogen-bond acceptors (Lipinski definition) is 4.